The van der Waals surface area contributed by atoms with Crippen molar-refractivity contribution >= 4 is 28.6 Å². The average Bonchev–Trinajstić information content (AvgIpc) is 3.00. The summed E-state index contributed by atoms with van der Waals surface area (Å²) in [6, 6.07) is 16.8. The van der Waals surface area contributed by atoms with E-state index in [9.17, 15) is 0 Å². The van der Waals surface area contributed by atoms with Crippen LogP contribution in [0, 0.1) is 0 Å². The van der Waals surface area contributed by atoms with Gasteiger partial charge in [-0.25, -0.2) is 14.9 Å². The largest absolute Gasteiger partial charge is 0.372 e. The molecule has 1 aromatic heterocycles. The smallest absolute Gasteiger partial charge is 0.365 e. The molecule has 0 aliphatic carbocycles. The summed E-state index contributed by atoms with van der Waals surface area (Å²) in [4.78, 5) is 10.3. The van der Waals surface area contributed by atoms with E-state index in [1.165, 1.54) is 5.69 Å². The zero-order valence-electron chi connectivity index (χ0n) is 14.5. The van der Waals surface area contributed by atoms with Crippen LogP contribution in [0.2, 0.25) is 0 Å². The molecule has 3 aromatic rings. The molecule has 0 saturated carbocycles. The molecule has 1 aliphatic rings. The van der Waals surface area contributed by atoms with Crippen molar-refractivity contribution in [3.63, 3.8) is 0 Å². The second kappa shape index (κ2) is 6.12. The molecule has 6 nitrogen and oxygen atoms in total. The second-order valence-corrected chi connectivity index (χ2v) is 6.14. The van der Waals surface area contributed by atoms with Gasteiger partial charge >= 0.3 is 5.95 Å². The maximum atomic E-state index is 6.02. The summed E-state index contributed by atoms with van der Waals surface area (Å²) < 4.78 is 2.15. The first-order valence-corrected chi connectivity index (χ1v) is 8.68. The molecule has 2 heterocycles. The molecule has 6 heteroatoms. The molecule has 25 heavy (non-hydrogen) atoms. The maximum Gasteiger partial charge on any atom is 0.365 e. The van der Waals surface area contributed by atoms with E-state index in [0.717, 1.165) is 35.6 Å². The molecule has 0 unspecified atom stereocenters. The fourth-order valence-electron chi connectivity index (χ4n) is 3.46. The van der Waals surface area contributed by atoms with Gasteiger partial charge in [-0.2, -0.15) is 4.99 Å². The summed E-state index contributed by atoms with van der Waals surface area (Å²) in [6.45, 7) is 6.33. The number of aromatic nitrogens is 2. The molecule has 128 valence electrons. The number of fused-ring (bicyclic) bond motifs is 3. The third-order valence-electron chi connectivity index (χ3n) is 4.73. The lowest BCUT2D eigenvalue weighted by Crippen LogP contribution is -2.48. The molecular formula is C19H23N6+. The van der Waals surface area contributed by atoms with E-state index < -0.39 is 0 Å². The van der Waals surface area contributed by atoms with E-state index >= 15 is 0 Å². The molecule has 2 aromatic carbocycles. The van der Waals surface area contributed by atoms with Gasteiger partial charge in [0.25, 0.3) is 5.96 Å². The number of aliphatic imine (C=N–C) groups is 1. The molecule has 0 radical (unpaired) electrons. The lowest BCUT2D eigenvalue weighted by Gasteiger charge is -2.22. The van der Waals surface area contributed by atoms with Crippen molar-refractivity contribution in [1.29, 1.82) is 0 Å². The molecule has 0 spiro atoms. The number of nitrogens with zero attached hydrogens (tertiary/aromatic N) is 3. The van der Waals surface area contributed by atoms with Crippen LogP contribution in [-0.4, -0.2) is 24.0 Å². The zero-order valence-corrected chi connectivity index (χ0v) is 14.5. The van der Waals surface area contributed by atoms with Crippen molar-refractivity contribution in [1.82, 2.24) is 4.98 Å². The van der Waals surface area contributed by atoms with Crippen molar-refractivity contribution in [3.05, 3.63) is 54.1 Å². The number of imidazole rings is 1. The topological polar surface area (TPSA) is 73.3 Å². The quantitative estimate of drug-likeness (QED) is 0.642. The number of para-hydroxylation sites is 2. The third kappa shape index (κ3) is 2.59. The Morgan fingerprint density at radius 1 is 1.08 bits per heavy atom. The van der Waals surface area contributed by atoms with Crippen LogP contribution in [0.1, 0.15) is 25.6 Å². The highest BCUT2D eigenvalue weighted by atomic mass is 15.4. The van der Waals surface area contributed by atoms with Gasteiger partial charge in [-0.1, -0.05) is 24.3 Å². The summed E-state index contributed by atoms with van der Waals surface area (Å²) in [6.07, 6.45) is -0.182. The van der Waals surface area contributed by atoms with E-state index in [4.69, 9.17) is 5.73 Å². The predicted molar refractivity (Wildman–Crippen MR) is 102 cm³/mol. The van der Waals surface area contributed by atoms with Crippen LogP contribution in [0.25, 0.3) is 11.0 Å². The summed E-state index contributed by atoms with van der Waals surface area (Å²) in [5.74, 6) is 1.27. The number of hydrogen-bond donors (Lipinski definition) is 3. The highest BCUT2D eigenvalue weighted by Crippen LogP contribution is 2.25. The minimum Gasteiger partial charge on any atom is -0.372 e. The van der Waals surface area contributed by atoms with Crippen LogP contribution in [0.3, 0.4) is 0 Å². The lowest BCUT2D eigenvalue weighted by molar-refractivity contribution is -0.674. The van der Waals surface area contributed by atoms with E-state index in [2.05, 4.69) is 75.0 Å². The number of nitrogens with one attached hydrogen (secondary N) is 2. The van der Waals surface area contributed by atoms with Crippen molar-refractivity contribution in [2.24, 2.45) is 10.7 Å². The molecule has 1 atom stereocenters. The van der Waals surface area contributed by atoms with Gasteiger partial charge in [-0.05, 0) is 38.1 Å². The molecule has 0 amide bonds. The number of H-pyrrole nitrogens is 1. The maximum absolute atomic E-state index is 6.02. The van der Waals surface area contributed by atoms with E-state index in [0.29, 0.717) is 5.96 Å². The normalized spacial score (nSPS) is 16.2. The molecule has 0 bridgehead atoms. The first kappa shape index (κ1) is 15.5. The highest BCUT2D eigenvalue weighted by molar-refractivity contribution is 5.92. The Kier molecular flexibility index (Phi) is 3.80. The Morgan fingerprint density at radius 2 is 1.80 bits per heavy atom. The number of nitrogens with two attached hydrogens (primary N) is 1. The first-order valence-electron chi connectivity index (χ1n) is 8.68. The standard InChI is InChI=1S/C19H22N6/c1-3-24(4-2)14-11-9-13(10-12-14)17-22-18(20)23-19-21-15-7-5-6-8-16(15)25(17)19/h5-12,17H,3-4H2,1-2H3,(H3,20,21,22,23)/p+1/t17-/m0/s1. The molecular weight excluding hydrogens is 312 g/mol. The summed E-state index contributed by atoms with van der Waals surface area (Å²) in [5, 5.41) is 3.12. The zero-order chi connectivity index (χ0) is 17.4. The van der Waals surface area contributed by atoms with E-state index in [-0.39, 0.29) is 6.17 Å². The average molecular weight is 335 g/mol. The molecule has 0 fully saturated rings. The summed E-state index contributed by atoms with van der Waals surface area (Å²) in [7, 11) is 0. The van der Waals surface area contributed by atoms with Crippen molar-refractivity contribution in [2.75, 3.05) is 23.3 Å². The minimum absolute atomic E-state index is 0.182. The summed E-state index contributed by atoms with van der Waals surface area (Å²) in [5.41, 5.74) is 10.5. The Hall–Kier alpha value is -3.02. The fourth-order valence-corrected chi connectivity index (χ4v) is 3.46. The van der Waals surface area contributed by atoms with Gasteiger partial charge in [0, 0.05) is 24.3 Å². The minimum atomic E-state index is -0.182. The molecule has 1 aliphatic heterocycles. The van der Waals surface area contributed by atoms with Gasteiger partial charge < -0.3 is 10.6 Å². The number of rotatable bonds is 4. The van der Waals surface area contributed by atoms with Gasteiger partial charge in [0.15, 0.2) is 0 Å². The number of guanidine groups is 1. The first-order chi connectivity index (χ1) is 12.2. The van der Waals surface area contributed by atoms with Crippen LogP contribution in [0.4, 0.5) is 11.6 Å². The number of anilines is 2. The van der Waals surface area contributed by atoms with Crippen LogP contribution in [0.5, 0.6) is 0 Å². The van der Waals surface area contributed by atoms with E-state index in [1.54, 1.807) is 0 Å². The molecule has 4 rings (SSSR count). The Balaban J connectivity index is 1.79. The third-order valence-corrected chi connectivity index (χ3v) is 4.73. The Labute approximate surface area is 147 Å². The lowest BCUT2D eigenvalue weighted by atomic mass is 10.1. The number of aromatic amines is 1. The molecule has 4 N–H and O–H groups in total. The van der Waals surface area contributed by atoms with Crippen LogP contribution < -0.4 is 20.5 Å². The highest BCUT2D eigenvalue weighted by Gasteiger charge is 2.30. The van der Waals surface area contributed by atoms with Crippen molar-refractivity contribution in [2.45, 2.75) is 20.0 Å². The fraction of sp³-hybridized carbons (Fsp3) is 0.263. The molecule has 0 saturated heterocycles. The second-order valence-electron chi connectivity index (χ2n) is 6.14. The Bertz CT molecular complexity index is 921. The van der Waals surface area contributed by atoms with Crippen molar-refractivity contribution < 1.29 is 4.57 Å². The van der Waals surface area contributed by atoms with Crippen molar-refractivity contribution in [3.8, 4) is 0 Å². The van der Waals surface area contributed by atoms with Gasteiger partial charge in [-0.15, -0.1) is 0 Å². The van der Waals surface area contributed by atoms with Crippen LogP contribution in [0.15, 0.2) is 53.5 Å². The SMILES string of the molecule is CCN(CC)c1ccc([C@H]2N=C(N)Nc3[nH]c4ccccc4[n+]32)cc1. The summed E-state index contributed by atoms with van der Waals surface area (Å²) >= 11 is 0. The number of benzene rings is 2. The van der Waals surface area contributed by atoms with Gasteiger partial charge in [0.1, 0.15) is 11.0 Å². The van der Waals surface area contributed by atoms with Crippen LogP contribution >= 0.6 is 0 Å². The van der Waals surface area contributed by atoms with Gasteiger partial charge in [-0.3, -0.25) is 0 Å². The van der Waals surface area contributed by atoms with Gasteiger partial charge in [0.05, 0.1) is 0 Å². The Morgan fingerprint density at radius 3 is 2.52 bits per heavy atom. The van der Waals surface area contributed by atoms with Gasteiger partial charge in [0.2, 0.25) is 6.17 Å². The van der Waals surface area contributed by atoms with E-state index in [1.807, 2.05) is 12.1 Å². The number of hydrogen-bond acceptors (Lipinski definition) is 4. The van der Waals surface area contributed by atoms with Crippen LogP contribution in [-0.2, 0) is 0 Å². The monoisotopic (exact) mass is 335 g/mol. The predicted octanol–water partition coefficient (Wildman–Crippen LogP) is 2.59.